The molecular weight excluding hydrogens is 278 g/mol. The number of carbonyl (C=O) groups is 2. The van der Waals surface area contributed by atoms with Gasteiger partial charge in [-0.1, -0.05) is 18.2 Å². The first kappa shape index (κ1) is 15.2. The van der Waals surface area contributed by atoms with Crippen LogP contribution in [0.15, 0.2) is 24.3 Å². The lowest BCUT2D eigenvalue weighted by Gasteiger charge is -2.32. The Morgan fingerprint density at radius 3 is 2.45 bits per heavy atom. The molecular formula is C17H23N3O2. The van der Waals surface area contributed by atoms with Crippen molar-refractivity contribution < 1.29 is 9.59 Å². The third kappa shape index (κ3) is 3.05. The van der Waals surface area contributed by atoms with Crippen LogP contribution in [0.3, 0.4) is 0 Å². The van der Waals surface area contributed by atoms with Crippen molar-refractivity contribution in [2.24, 2.45) is 0 Å². The Kier molecular flexibility index (Phi) is 4.55. The van der Waals surface area contributed by atoms with Crippen molar-refractivity contribution in [2.75, 3.05) is 39.3 Å². The highest BCUT2D eigenvalue weighted by atomic mass is 16.2. The van der Waals surface area contributed by atoms with Crippen molar-refractivity contribution in [1.29, 1.82) is 0 Å². The summed E-state index contributed by atoms with van der Waals surface area (Å²) < 4.78 is 0. The summed E-state index contributed by atoms with van der Waals surface area (Å²) in [4.78, 5) is 28.8. The van der Waals surface area contributed by atoms with Crippen LogP contribution in [-0.2, 0) is 0 Å². The van der Waals surface area contributed by atoms with E-state index < -0.39 is 0 Å². The third-order valence-corrected chi connectivity index (χ3v) is 4.66. The topological polar surface area (TPSA) is 52.7 Å². The van der Waals surface area contributed by atoms with Crippen LogP contribution in [0.2, 0.25) is 0 Å². The number of amides is 1. The first-order valence-corrected chi connectivity index (χ1v) is 8.01. The molecule has 1 amide bonds. The fourth-order valence-corrected chi connectivity index (χ4v) is 3.42. The Bertz CT molecular complexity index is 567. The predicted molar refractivity (Wildman–Crippen MR) is 85.2 cm³/mol. The maximum atomic E-state index is 12.7. The largest absolute Gasteiger partial charge is 0.337 e. The number of rotatable bonds is 3. The van der Waals surface area contributed by atoms with Crippen molar-refractivity contribution in [1.82, 2.24) is 15.1 Å². The molecule has 1 unspecified atom stereocenters. The standard InChI is InChI=1S/C17H23N3O2/c1-13(21)15-4-2-3-5-16(15)17(22)20-9-6-14(12-20)19-10-7-18-8-11-19/h2-5,14,18H,6-12H2,1H3. The van der Waals surface area contributed by atoms with E-state index in [4.69, 9.17) is 0 Å². The molecule has 0 spiro atoms. The fourth-order valence-electron chi connectivity index (χ4n) is 3.42. The lowest BCUT2D eigenvalue weighted by molar-refractivity contribution is 0.0768. The van der Waals surface area contributed by atoms with Crippen molar-refractivity contribution in [3.8, 4) is 0 Å². The molecule has 5 heteroatoms. The van der Waals surface area contributed by atoms with Gasteiger partial charge < -0.3 is 10.2 Å². The summed E-state index contributed by atoms with van der Waals surface area (Å²) >= 11 is 0. The summed E-state index contributed by atoms with van der Waals surface area (Å²) in [5, 5.41) is 3.36. The van der Waals surface area contributed by atoms with Crippen LogP contribution < -0.4 is 5.32 Å². The molecule has 2 heterocycles. The van der Waals surface area contributed by atoms with Crippen molar-refractivity contribution in [3.05, 3.63) is 35.4 Å². The number of hydrogen-bond donors (Lipinski definition) is 1. The molecule has 1 aromatic carbocycles. The van der Waals surface area contributed by atoms with Gasteiger partial charge in [-0.3, -0.25) is 14.5 Å². The smallest absolute Gasteiger partial charge is 0.254 e. The van der Waals surface area contributed by atoms with Gasteiger partial charge in [0.2, 0.25) is 0 Å². The minimum atomic E-state index is -0.0539. The molecule has 1 atom stereocenters. The number of likely N-dealkylation sites (tertiary alicyclic amines) is 1. The highest BCUT2D eigenvalue weighted by Crippen LogP contribution is 2.20. The van der Waals surface area contributed by atoms with Crippen molar-refractivity contribution in [2.45, 2.75) is 19.4 Å². The second kappa shape index (κ2) is 6.58. The van der Waals surface area contributed by atoms with Crippen LogP contribution in [0.5, 0.6) is 0 Å². The second-order valence-corrected chi connectivity index (χ2v) is 6.08. The van der Waals surface area contributed by atoms with Gasteiger partial charge in [0, 0.05) is 50.9 Å². The zero-order valence-electron chi connectivity index (χ0n) is 13.0. The van der Waals surface area contributed by atoms with Crippen LogP contribution in [0, 0.1) is 0 Å². The molecule has 0 bridgehead atoms. The SMILES string of the molecule is CC(=O)c1ccccc1C(=O)N1CCC(N2CCNCC2)C1. The van der Waals surface area contributed by atoms with E-state index in [1.54, 1.807) is 18.2 Å². The van der Waals surface area contributed by atoms with E-state index in [0.29, 0.717) is 17.2 Å². The molecule has 0 aliphatic carbocycles. The normalized spacial score (nSPS) is 22.8. The van der Waals surface area contributed by atoms with Gasteiger partial charge in [0.25, 0.3) is 5.91 Å². The number of piperazine rings is 1. The van der Waals surface area contributed by atoms with Gasteiger partial charge in [-0.15, -0.1) is 0 Å². The number of ketones is 1. The maximum Gasteiger partial charge on any atom is 0.254 e. The Balaban J connectivity index is 1.70. The van der Waals surface area contributed by atoms with Crippen molar-refractivity contribution in [3.63, 3.8) is 0 Å². The number of Topliss-reactive ketones (excluding diaryl/α,β-unsaturated/α-hetero) is 1. The van der Waals surface area contributed by atoms with Crippen LogP contribution in [0.1, 0.15) is 34.1 Å². The Labute approximate surface area is 131 Å². The summed E-state index contributed by atoms with van der Waals surface area (Å²) in [6.07, 6.45) is 1.02. The maximum absolute atomic E-state index is 12.7. The van der Waals surface area contributed by atoms with E-state index in [1.807, 2.05) is 11.0 Å². The van der Waals surface area contributed by atoms with Gasteiger partial charge in [-0.25, -0.2) is 0 Å². The molecule has 0 aromatic heterocycles. The van der Waals surface area contributed by atoms with Gasteiger partial charge in [-0.2, -0.15) is 0 Å². The molecule has 1 N–H and O–H groups in total. The number of nitrogens with zero attached hydrogens (tertiary/aromatic N) is 2. The molecule has 1 aromatic rings. The van der Waals surface area contributed by atoms with Crippen LogP contribution in [0.25, 0.3) is 0 Å². The average Bonchev–Trinajstić information content (AvgIpc) is 3.05. The molecule has 5 nitrogen and oxygen atoms in total. The van der Waals surface area contributed by atoms with Gasteiger partial charge >= 0.3 is 0 Å². The monoisotopic (exact) mass is 301 g/mol. The number of hydrogen-bond acceptors (Lipinski definition) is 4. The fraction of sp³-hybridized carbons (Fsp3) is 0.529. The molecule has 2 aliphatic heterocycles. The highest BCUT2D eigenvalue weighted by molar-refractivity contribution is 6.07. The molecule has 2 saturated heterocycles. The molecule has 2 fully saturated rings. The van der Waals surface area contributed by atoms with Gasteiger partial charge in [0.1, 0.15) is 0 Å². The lowest BCUT2D eigenvalue weighted by atomic mass is 10.0. The summed E-state index contributed by atoms with van der Waals surface area (Å²) in [5.41, 5.74) is 1.06. The van der Waals surface area contributed by atoms with E-state index >= 15 is 0 Å². The quantitative estimate of drug-likeness (QED) is 0.847. The van der Waals surface area contributed by atoms with Gasteiger partial charge in [0.15, 0.2) is 5.78 Å². The van der Waals surface area contributed by atoms with E-state index in [0.717, 1.165) is 45.7 Å². The van der Waals surface area contributed by atoms with Crippen molar-refractivity contribution >= 4 is 11.7 Å². The average molecular weight is 301 g/mol. The summed E-state index contributed by atoms with van der Waals surface area (Å²) in [5.74, 6) is -0.0646. The molecule has 22 heavy (non-hydrogen) atoms. The highest BCUT2D eigenvalue weighted by Gasteiger charge is 2.32. The Morgan fingerprint density at radius 1 is 1.09 bits per heavy atom. The molecule has 118 valence electrons. The molecule has 0 radical (unpaired) electrons. The first-order chi connectivity index (χ1) is 10.7. The van der Waals surface area contributed by atoms with Crippen LogP contribution >= 0.6 is 0 Å². The minimum Gasteiger partial charge on any atom is -0.337 e. The number of benzene rings is 1. The molecule has 0 saturated carbocycles. The Morgan fingerprint density at radius 2 is 1.77 bits per heavy atom. The number of nitrogens with one attached hydrogen (secondary N) is 1. The van der Waals surface area contributed by atoms with Crippen LogP contribution in [0.4, 0.5) is 0 Å². The van der Waals surface area contributed by atoms with E-state index in [1.165, 1.54) is 6.92 Å². The number of carbonyl (C=O) groups excluding carboxylic acids is 2. The zero-order valence-corrected chi connectivity index (χ0v) is 13.0. The third-order valence-electron chi connectivity index (χ3n) is 4.66. The lowest BCUT2D eigenvalue weighted by Crippen LogP contribution is -2.49. The first-order valence-electron chi connectivity index (χ1n) is 8.01. The van der Waals surface area contributed by atoms with E-state index in [9.17, 15) is 9.59 Å². The summed E-state index contributed by atoms with van der Waals surface area (Å²) in [6.45, 7) is 7.22. The van der Waals surface area contributed by atoms with E-state index in [2.05, 4.69) is 10.2 Å². The summed E-state index contributed by atoms with van der Waals surface area (Å²) in [7, 11) is 0. The van der Waals surface area contributed by atoms with Gasteiger partial charge in [0.05, 0.1) is 5.56 Å². The minimum absolute atomic E-state index is 0.0107. The van der Waals surface area contributed by atoms with Crippen LogP contribution in [-0.4, -0.2) is 66.8 Å². The van der Waals surface area contributed by atoms with E-state index in [-0.39, 0.29) is 11.7 Å². The predicted octanol–water partition coefficient (Wildman–Crippen LogP) is 1.01. The molecule has 3 rings (SSSR count). The molecule has 2 aliphatic rings. The van der Waals surface area contributed by atoms with Gasteiger partial charge in [-0.05, 0) is 19.4 Å². The Hall–Kier alpha value is -1.72. The second-order valence-electron chi connectivity index (χ2n) is 6.08. The zero-order chi connectivity index (χ0) is 15.5. The summed E-state index contributed by atoms with van der Waals surface area (Å²) in [6, 6.07) is 7.58.